The highest BCUT2D eigenvalue weighted by atomic mass is 16.5. The van der Waals surface area contributed by atoms with E-state index in [4.69, 9.17) is 9.26 Å². The Kier molecular flexibility index (Phi) is 5.41. The molecule has 0 bridgehead atoms. The number of ether oxygens (including phenoxy) is 1. The van der Waals surface area contributed by atoms with Gasteiger partial charge in [0.1, 0.15) is 5.75 Å². The van der Waals surface area contributed by atoms with Gasteiger partial charge in [0.05, 0.1) is 13.2 Å². The van der Waals surface area contributed by atoms with Crippen molar-refractivity contribution in [1.29, 1.82) is 0 Å². The van der Waals surface area contributed by atoms with E-state index in [1.165, 1.54) is 0 Å². The highest BCUT2D eigenvalue weighted by molar-refractivity contribution is 5.74. The van der Waals surface area contributed by atoms with Crippen LogP contribution in [0.2, 0.25) is 0 Å². The van der Waals surface area contributed by atoms with Crippen molar-refractivity contribution in [1.82, 2.24) is 25.7 Å². The Hall–Kier alpha value is -2.61. The molecular formula is C18H25N5O3. The monoisotopic (exact) mass is 359 g/mol. The van der Waals surface area contributed by atoms with Crippen molar-refractivity contribution in [3.63, 3.8) is 0 Å². The molecule has 3 rings (SSSR count). The second-order valence-electron chi connectivity index (χ2n) is 6.85. The zero-order valence-electron chi connectivity index (χ0n) is 15.5. The predicted molar refractivity (Wildman–Crippen MR) is 96.9 cm³/mol. The zero-order valence-corrected chi connectivity index (χ0v) is 15.5. The predicted octanol–water partition coefficient (Wildman–Crippen LogP) is 2.20. The van der Waals surface area contributed by atoms with Crippen molar-refractivity contribution in [2.45, 2.75) is 38.4 Å². The first-order chi connectivity index (χ1) is 12.5. The SMILES string of the molecule is COc1ccc(-c2noc([C@@H]3C[C@@H](NC(=O)NC(C)C)CN3C)n2)cc1. The van der Waals surface area contributed by atoms with Crippen LogP contribution >= 0.6 is 0 Å². The van der Waals surface area contributed by atoms with E-state index in [2.05, 4.69) is 25.7 Å². The lowest BCUT2D eigenvalue weighted by molar-refractivity contribution is 0.234. The number of carbonyl (C=O) groups is 1. The Balaban J connectivity index is 1.66. The molecule has 1 aliphatic heterocycles. The summed E-state index contributed by atoms with van der Waals surface area (Å²) >= 11 is 0. The largest absolute Gasteiger partial charge is 0.497 e. The number of amides is 2. The molecule has 1 aliphatic rings. The molecule has 2 atom stereocenters. The van der Waals surface area contributed by atoms with Crippen LogP contribution in [0.1, 0.15) is 32.2 Å². The Morgan fingerprint density at radius 2 is 2.08 bits per heavy atom. The Morgan fingerprint density at radius 1 is 1.35 bits per heavy atom. The maximum atomic E-state index is 11.9. The molecule has 140 valence electrons. The summed E-state index contributed by atoms with van der Waals surface area (Å²) in [6.07, 6.45) is 0.728. The summed E-state index contributed by atoms with van der Waals surface area (Å²) in [4.78, 5) is 18.6. The van der Waals surface area contributed by atoms with Gasteiger partial charge < -0.3 is 19.9 Å². The molecule has 0 spiro atoms. The average molecular weight is 359 g/mol. The molecule has 2 N–H and O–H groups in total. The van der Waals surface area contributed by atoms with Gasteiger partial charge in [-0.1, -0.05) is 5.16 Å². The Morgan fingerprint density at radius 3 is 2.73 bits per heavy atom. The van der Waals surface area contributed by atoms with Gasteiger partial charge in [-0.15, -0.1) is 0 Å². The molecule has 1 fully saturated rings. The Labute approximate surface area is 152 Å². The van der Waals surface area contributed by atoms with Crippen LogP contribution in [0.4, 0.5) is 4.79 Å². The summed E-state index contributed by atoms with van der Waals surface area (Å²) in [5.74, 6) is 1.89. The zero-order chi connectivity index (χ0) is 18.7. The van der Waals surface area contributed by atoms with Crippen LogP contribution in [0.3, 0.4) is 0 Å². The van der Waals surface area contributed by atoms with E-state index < -0.39 is 0 Å². The van der Waals surface area contributed by atoms with E-state index in [-0.39, 0.29) is 24.2 Å². The third-order valence-corrected chi connectivity index (χ3v) is 4.38. The van der Waals surface area contributed by atoms with Gasteiger partial charge >= 0.3 is 6.03 Å². The van der Waals surface area contributed by atoms with E-state index in [1.54, 1.807) is 7.11 Å². The van der Waals surface area contributed by atoms with Crippen LogP contribution in [0.15, 0.2) is 28.8 Å². The van der Waals surface area contributed by atoms with E-state index in [0.29, 0.717) is 11.7 Å². The number of hydrogen-bond acceptors (Lipinski definition) is 6. The number of aromatic nitrogens is 2. The van der Waals surface area contributed by atoms with Gasteiger partial charge in [-0.3, -0.25) is 4.90 Å². The average Bonchev–Trinajstić information content (AvgIpc) is 3.21. The molecule has 2 amide bonds. The lowest BCUT2D eigenvalue weighted by Crippen LogP contribution is -2.45. The maximum absolute atomic E-state index is 11.9. The van der Waals surface area contributed by atoms with Crippen molar-refractivity contribution < 1.29 is 14.1 Å². The number of benzene rings is 1. The number of nitrogens with one attached hydrogen (secondary N) is 2. The van der Waals surface area contributed by atoms with Crippen molar-refractivity contribution in [2.24, 2.45) is 0 Å². The minimum absolute atomic E-state index is 0.0150. The lowest BCUT2D eigenvalue weighted by Gasteiger charge is -2.15. The quantitative estimate of drug-likeness (QED) is 0.850. The van der Waals surface area contributed by atoms with E-state index >= 15 is 0 Å². The number of hydrogen-bond donors (Lipinski definition) is 2. The fraction of sp³-hybridized carbons (Fsp3) is 0.500. The van der Waals surface area contributed by atoms with Crippen LogP contribution in [0.5, 0.6) is 5.75 Å². The number of likely N-dealkylation sites (N-methyl/N-ethyl adjacent to an activating group) is 1. The van der Waals surface area contributed by atoms with Crippen molar-refractivity contribution in [3.8, 4) is 17.1 Å². The summed E-state index contributed by atoms with van der Waals surface area (Å²) in [7, 11) is 3.62. The van der Waals surface area contributed by atoms with Crippen LogP contribution in [0, 0.1) is 0 Å². The molecule has 1 saturated heterocycles. The molecular weight excluding hydrogens is 334 g/mol. The van der Waals surface area contributed by atoms with Crippen LogP contribution in [-0.2, 0) is 0 Å². The van der Waals surface area contributed by atoms with Crippen molar-refractivity contribution >= 4 is 6.03 Å². The third kappa shape index (κ3) is 4.13. The number of methoxy groups -OCH3 is 1. The number of carbonyl (C=O) groups excluding carboxylic acids is 1. The number of nitrogens with zero attached hydrogens (tertiary/aromatic N) is 3. The summed E-state index contributed by atoms with van der Waals surface area (Å²) in [5.41, 5.74) is 0.868. The number of likely N-dealkylation sites (tertiary alicyclic amines) is 1. The minimum Gasteiger partial charge on any atom is -0.497 e. The highest BCUT2D eigenvalue weighted by Gasteiger charge is 2.35. The molecule has 8 nitrogen and oxygen atoms in total. The van der Waals surface area contributed by atoms with E-state index in [0.717, 1.165) is 24.3 Å². The topological polar surface area (TPSA) is 92.5 Å². The maximum Gasteiger partial charge on any atom is 0.315 e. The highest BCUT2D eigenvalue weighted by Crippen LogP contribution is 2.31. The summed E-state index contributed by atoms with van der Waals surface area (Å²) in [6, 6.07) is 7.50. The standard InChI is InChI=1S/C18H25N5O3/c1-11(2)19-18(24)20-13-9-15(23(3)10-13)17-21-16(22-26-17)12-5-7-14(25-4)8-6-12/h5-8,11,13,15H,9-10H2,1-4H3,(H2,19,20,24)/t13-,15+/m1/s1. The van der Waals surface area contributed by atoms with Gasteiger partial charge in [-0.25, -0.2) is 4.79 Å². The molecule has 0 aliphatic carbocycles. The van der Waals surface area contributed by atoms with Crippen LogP contribution in [0.25, 0.3) is 11.4 Å². The number of rotatable bonds is 5. The summed E-state index contributed by atoms with van der Waals surface area (Å²) in [5, 5.41) is 9.93. The minimum atomic E-state index is -0.150. The summed E-state index contributed by atoms with van der Waals surface area (Å²) in [6.45, 7) is 4.60. The van der Waals surface area contributed by atoms with Crippen LogP contribution in [-0.4, -0.2) is 53.9 Å². The molecule has 2 heterocycles. The molecule has 0 radical (unpaired) electrons. The third-order valence-electron chi connectivity index (χ3n) is 4.38. The van der Waals surface area contributed by atoms with Gasteiger partial charge in [0.2, 0.25) is 11.7 Å². The molecule has 26 heavy (non-hydrogen) atoms. The summed E-state index contributed by atoms with van der Waals surface area (Å²) < 4.78 is 10.6. The van der Waals surface area contributed by atoms with Gasteiger partial charge in [0.25, 0.3) is 0 Å². The normalized spacial score (nSPS) is 20.3. The van der Waals surface area contributed by atoms with E-state index in [9.17, 15) is 4.79 Å². The van der Waals surface area contributed by atoms with Gasteiger partial charge in [-0.2, -0.15) is 4.98 Å². The Bertz CT molecular complexity index is 744. The molecule has 0 unspecified atom stereocenters. The van der Waals surface area contributed by atoms with E-state index in [1.807, 2.05) is 45.2 Å². The lowest BCUT2D eigenvalue weighted by atomic mass is 10.1. The van der Waals surface area contributed by atoms with Crippen molar-refractivity contribution in [2.75, 3.05) is 20.7 Å². The van der Waals surface area contributed by atoms with Crippen LogP contribution < -0.4 is 15.4 Å². The fourth-order valence-electron chi connectivity index (χ4n) is 3.11. The molecule has 1 aromatic carbocycles. The second-order valence-corrected chi connectivity index (χ2v) is 6.85. The number of urea groups is 1. The first-order valence-electron chi connectivity index (χ1n) is 8.71. The smallest absolute Gasteiger partial charge is 0.315 e. The van der Waals surface area contributed by atoms with Gasteiger partial charge in [0, 0.05) is 24.2 Å². The van der Waals surface area contributed by atoms with Gasteiger partial charge in [-0.05, 0) is 51.6 Å². The first kappa shape index (κ1) is 18.2. The second kappa shape index (κ2) is 7.74. The fourth-order valence-corrected chi connectivity index (χ4v) is 3.11. The molecule has 2 aromatic rings. The molecule has 1 aromatic heterocycles. The van der Waals surface area contributed by atoms with Crippen molar-refractivity contribution in [3.05, 3.63) is 30.2 Å². The van der Waals surface area contributed by atoms with Gasteiger partial charge in [0.15, 0.2) is 0 Å². The molecule has 0 saturated carbocycles. The first-order valence-corrected chi connectivity index (χ1v) is 8.71. The molecule has 8 heteroatoms.